The van der Waals surface area contributed by atoms with E-state index < -0.39 is 0 Å². The van der Waals surface area contributed by atoms with Crippen LogP contribution in [-0.2, 0) is 6.54 Å². The maximum Gasteiger partial charge on any atom is 0.295 e. The minimum atomic E-state index is -0.247. The molecule has 5 aromatic rings. The molecule has 0 unspecified atom stereocenters. The van der Waals surface area contributed by atoms with E-state index in [1.165, 1.54) is 29.3 Å². The molecule has 2 aromatic carbocycles. The van der Waals surface area contributed by atoms with Gasteiger partial charge in [0.1, 0.15) is 23.3 Å². The molecule has 0 spiro atoms. The highest BCUT2D eigenvalue weighted by atomic mass is 32.1. The van der Waals surface area contributed by atoms with Crippen molar-refractivity contribution in [2.45, 2.75) is 51.2 Å². The first-order valence-electron chi connectivity index (χ1n) is 14.4. The number of anilines is 2. The molecule has 1 aliphatic carbocycles. The molecular formula is C32H32N6O3S. The van der Waals surface area contributed by atoms with E-state index >= 15 is 0 Å². The van der Waals surface area contributed by atoms with Gasteiger partial charge in [-0.25, -0.2) is 9.36 Å². The Kier molecular flexibility index (Phi) is 7.31. The topological polar surface area (TPSA) is 103 Å². The maximum atomic E-state index is 13.9. The Morgan fingerprint density at radius 2 is 1.83 bits per heavy atom. The SMILES string of the molecule is Cc1ccccc1Oc1cc2cnc(Nc3ccc(OC4CCNCC4)cc3)nc2n(Cc2cnsc2C2CC2)c1=O. The summed E-state index contributed by atoms with van der Waals surface area (Å²) in [6.45, 7) is 4.29. The third-order valence-corrected chi connectivity index (χ3v) is 8.76. The lowest BCUT2D eigenvalue weighted by Gasteiger charge is -2.23. The summed E-state index contributed by atoms with van der Waals surface area (Å²) in [6.07, 6.45) is 8.19. The lowest BCUT2D eigenvalue weighted by Crippen LogP contribution is -2.34. The molecule has 10 heteroatoms. The molecule has 1 aliphatic heterocycles. The zero-order valence-electron chi connectivity index (χ0n) is 23.4. The van der Waals surface area contributed by atoms with Crippen molar-refractivity contribution in [1.29, 1.82) is 0 Å². The van der Waals surface area contributed by atoms with E-state index in [9.17, 15) is 4.79 Å². The lowest BCUT2D eigenvalue weighted by molar-refractivity contribution is 0.162. The molecule has 7 rings (SSSR count). The average Bonchev–Trinajstić information content (AvgIpc) is 3.75. The number of rotatable bonds is 9. The van der Waals surface area contributed by atoms with Crippen molar-refractivity contribution in [3.8, 4) is 17.2 Å². The molecule has 0 atom stereocenters. The summed E-state index contributed by atoms with van der Waals surface area (Å²) < 4.78 is 18.4. The standard InChI is InChI=1S/C32H32N6O3S/c1-20-4-2-3-5-27(20)41-28-16-22-17-34-32(36-24-8-10-25(11-9-24)40-26-12-14-33-15-13-26)37-30(22)38(31(28)39)19-23-18-35-42-29(23)21-6-7-21/h2-5,8-11,16-18,21,26,33H,6-7,12-15,19H2,1H3,(H,34,36,37). The smallest absolute Gasteiger partial charge is 0.295 e. The van der Waals surface area contributed by atoms with Gasteiger partial charge in [-0.3, -0.25) is 9.36 Å². The van der Waals surface area contributed by atoms with Crippen LogP contribution >= 0.6 is 11.5 Å². The third-order valence-electron chi connectivity index (χ3n) is 7.76. The van der Waals surface area contributed by atoms with Crippen LogP contribution in [0.3, 0.4) is 0 Å². The molecule has 2 fully saturated rings. The van der Waals surface area contributed by atoms with Gasteiger partial charge in [0.2, 0.25) is 5.95 Å². The maximum absolute atomic E-state index is 13.9. The number of aromatic nitrogens is 4. The van der Waals surface area contributed by atoms with Crippen LogP contribution in [0.4, 0.5) is 11.6 Å². The summed E-state index contributed by atoms with van der Waals surface area (Å²) in [5.41, 5.74) is 3.12. The zero-order chi connectivity index (χ0) is 28.5. The van der Waals surface area contributed by atoms with Crippen LogP contribution in [0.25, 0.3) is 11.0 Å². The van der Waals surface area contributed by atoms with Crippen molar-refractivity contribution in [1.82, 2.24) is 24.2 Å². The Morgan fingerprint density at radius 3 is 2.62 bits per heavy atom. The number of benzene rings is 2. The molecule has 3 aromatic heterocycles. The predicted octanol–water partition coefficient (Wildman–Crippen LogP) is 6.15. The van der Waals surface area contributed by atoms with Crippen LogP contribution in [0.1, 0.15) is 47.6 Å². The fourth-order valence-electron chi connectivity index (χ4n) is 5.29. The van der Waals surface area contributed by atoms with Gasteiger partial charge in [0.05, 0.1) is 6.54 Å². The van der Waals surface area contributed by atoms with E-state index in [-0.39, 0.29) is 17.4 Å². The molecule has 1 saturated heterocycles. The van der Waals surface area contributed by atoms with Crippen molar-refractivity contribution < 1.29 is 9.47 Å². The molecule has 214 valence electrons. The fourth-order valence-corrected chi connectivity index (χ4v) is 6.21. The van der Waals surface area contributed by atoms with Gasteiger partial charge in [0, 0.05) is 33.9 Å². The number of para-hydroxylation sites is 1. The average molecular weight is 581 g/mol. The highest BCUT2D eigenvalue weighted by Gasteiger charge is 2.28. The Bertz CT molecular complexity index is 1770. The van der Waals surface area contributed by atoms with Crippen molar-refractivity contribution in [3.05, 3.63) is 93.3 Å². The minimum Gasteiger partial charge on any atom is -0.490 e. The monoisotopic (exact) mass is 580 g/mol. The lowest BCUT2D eigenvalue weighted by atomic mass is 10.1. The Hall–Kier alpha value is -4.28. The number of fused-ring (bicyclic) bond motifs is 1. The molecule has 42 heavy (non-hydrogen) atoms. The largest absolute Gasteiger partial charge is 0.490 e. The molecule has 2 N–H and O–H groups in total. The van der Waals surface area contributed by atoms with Gasteiger partial charge in [-0.1, -0.05) is 18.2 Å². The van der Waals surface area contributed by atoms with Gasteiger partial charge in [-0.2, -0.15) is 4.98 Å². The van der Waals surface area contributed by atoms with Crippen molar-refractivity contribution in [2.24, 2.45) is 0 Å². The number of hydrogen-bond acceptors (Lipinski definition) is 9. The van der Waals surface area contributed by atoms with E-state index in [4.69, 9.17) is 14.5 Å². The number of nitrogens with zero attached hydrogens (tertiary/aromatic N) is 4. The van der Waals surface area contributed by atoms with Crippen LogP contribution in [0.15, 0.2) is 71.8 Å². The Morgan fingerprint density at radius 1 is 1.02 bits per heavy atom. The Balaban J connectivity index is 1.21. The van der Waals surface area contributed by atoms with E-state index in [0.717, 1.165) is 48.5 Å². The number of aryl methyl sites for hydroxylation is 1. The summed E-state index contributed by atoms with van der Waals surface area (Å²) in [5, 5.41) is 7.36. The first-order chi connectivity index (χ1) is 20.6. The number of hydrogen-bond donors (Lipinski definition) is 2. The highest BCUT2D eigenvalue weighted by Crippen LogP contribution is 2.43. The first kappa shape index (κ1) is 26.6. The van der Waals surface area contributed by atoms with Gasteiger partial charge in [0.25, 0.3) is 5.56 Å². The molecule has 0 radical (unpaired) electrons. The number of pyridine rings is 1. The van der Waals surface area contributed by atoms with Crippen molar-refractivity contribution in [3.63, 3.8) is 0 Å². The van der Waals surface area contributed by atoms with E-state index in [1.807, 2.05) is 61.7 Å². The van der Waals surface area contributed by atoms with Crippen molar-refractivity contribution in [2.75, 3.05) is 18.4 Å². The molecule has 9 nitrogen and oxygen atoms in total. The second-order valence-electron chi connectivity index (χ2n) is 10.9. The predicted molar refractivity (Wildman–Crippen MR) is 164 cm³/mol. The minimum absolute atomic E-state index is 0.238. The summed E-state index contributed by atoms with van der Waals surface area (Å²) >= 11 is 1.52. The fraction of sp³-hybridized carbons (Fsp3) is 0.312. The summed E-state index contributed by atoms with van der Waals surface area (Å²) in [5.74, 6) is 2.66. The first-order valence-corrected chi connectivity index (χ1v) is 15.2. The molecule has 2 aliphatic rings. The van der Waals surface area contributed by atoms with Crippen LogP contribution in [0.2, 0.25) is 0 Å². The van der Waals surface area contributed by atoms with Gasteiger partial charge < -0.3 is 20.1 Å². The van der Waals surface area contributed by atoms with E-state index in [1.54, 1.807) is 16.8 Å². The quantitative estimate of drug-likeness (QED) is 0.214. The molecule has 0 amide bonds. The van der Waals surface area contributed by atoms with Crippen molar-refractivity contribution >= 4 is 34.2 Å². The highest BCUT2D eigenvalue weighted by molar-refractivity contribution is 7.06. The zero-order valence-corrected chi connectivity index (χ0v) is 24.2. The van der Waals surface area contributed by atoms with Gasteiger partial charge in [-0.15, -0.1) is 0 Å². The van der Waals surface area contributed by atoms with Gasteiger partial charge >= 0.3 is 0 Å². The van der Waals surface area contributed by atoms with E-state index in [2.05, 4.69) is 20.0 Å². The Labute approximate surface area is 247 Å². The van der Waals surface area contributed by atoms with Crippen LogP contribution < -0.4 is 25.7 Å². The van der Waals surface area contributed by atoms with Crippen LogP contribution in [0, 0.1) is 6.92 Å². The molecular weight excluding hydrogens is 548 g/mol. The third kappa shape index (κ3) is 5.73. The second kappa shape index (κ2) is 11.5. The number of ether oxygens (including phenoxy) is 2. The normalized spacial score (nSPS) is 15.5. The summed E-state index contributed by atoms with van der Waals surface area (Å²) in [7, 11) is 0. The molecule has 0 bridgehead atoms. The summed E-state index contributed by atoms with van der Waals surface area (Å²) in [6, 6.07) is 17.2. The van der Waals surface area contributed by atoms with Crippen LogP contribution in [0.5, 0.6) is 17.2 Å². The number of piperidine rings is 1. The van der Waals surface area contributed by atoms with E-state index in [0.29, 0.717) is 35.2 Å². The van der Waals surface area contributed by atoms with Gasteiger partial charge in [0.15, 0.2) is 5.75 Å². The second-order valence-corrected chi connectivity index (χ2v) is 11.8. The van der Waals surface area contributed by atoms with Gasteiger partial charge in [-0.05, 0) is 105 Å². The van der Waals surface area contributed by atoms with Crippen LogP contribution in [-0.4, -0.2) is 38.1 Å². The molecule has 1 saturated carbocycles. The summed E-state index contributed by atoms with van der Waals surface area (Å²) in [4.78, 5) is 24.5. The number of nitrogens with one attached hydrogen (secondary N) is 2. The molecule has 4 heterocycles.